The Morgan fingerprint density at radius 2 is 1.75 bits per heavy atom. The number of sulfonamides is 1. The third kappa shape index (κ3) is 5.53. The van der Waals surface area contributed by atoms with Crippen molar-refractivity contribution in [1.29, 1.82) is 0 Å². The molecule has 15 heteroatoms. The van der Waals surface area contributed by atoms with Crippen molar-refractivity contribution < 1.29 is 31.9 Å². The van der Waals surface area contributed by atoms with Gasteiger partial charge in [0, 0.05) is 14.1 Å². The molecule has 1 atom stereocenters. The average Bonchev–Trinajstić information content (AvgIpc) is 2.75. The van der Waals surface area contributed by atoms with E-state index < -0.39 is 44.1 Å². The summed E-state index contributed by atoms with van der Waals surface area (Å²) < 4.78 is 50.8. The largest absolute Gasteiger partial charge is 0.467 e. The molecule has 0 radical (unpaired) electrons. The van der Waals surface area contributed by atoms with E-state index in [1.54, 1.807) is 18.8 Å². The van der Waals surface area contributed by atoms with Crippen molar-refractivity contribution in [1.82, 2.24) is 19.7 Å². The van der Waals surface area contributed by atoms with Crippen LogP contribution in [-0.4, -0.2) is 75.3 Å². The number of anilines is 2. The van der Waals surface area contributed by atoms with E-state index in [0.29, 0.717) is 4.90 Å². The van der Waals surface area contributed by atoms with Gasteiger partial charge in [-0.2, -0.15) is 15.0 Å². The molecule has 12 nitrogen and oxygen atoms in total. The molecule has 0 aliphatic heterocycles. The van der Waals surface area contributed by atoms with Gasteiger partial charge >= 0.3 is 18.0 Å². The molecule has 2 amide bonds. The minimum atomic E-state index is -4.65. The number of amides is 2. The molecule has 0 aliphatic carbocycles. The van der Waals surface area contributed by atoms with Gasteiger partial charge in [-0.15, -0.1) is 11.8 Å². The fraction of sp³-hybridized carbons (Fsp3) is 0.353. The molecule has 0 spiro atoms. The van der Waals surface area contributed by atoms with Gasteiger partial charge in [0.25, 0.3) is 10.0 Å². The molecular weight excluding hydrogens is 467 g/mol. The van der Waals surface area contributed by atoms with Gasteiger partial charge in [0.2, 0.25) is 11.9 Å². The summed E-state index contributed by atoms with van der Waals surface area (Å²) in [6.45, 7) is 0. The van der Waals surface area contributed by atoms with Crippen molar-refractivity contribution in [3.05, 3.63) is 30.1 Å². The monoisotopic (exact) mass is 488 g/mol. The van der Waals surface area contributed by atoms with Crippen LogP contribution in [0.4, 0.5) is 21.1 Å². The molecule has 174 valence electrons. The first-order valence-electron chi connectivity index (χ1n) is 8.74. The smallest absolute Gasteiger partial charge is 0.339 e. The highest BCUT2D eigenvalue weighted by Crippen LogP contribution is 2.24. The average molecular weight is 489 g/mol. The number of nitrogens with one attached hydrogen (secondary N) is 1. The number of ether oxygens (including phenoxy) is 2. The van der Waals surface area contributed by atoms with E-state index in [-0.39, 0.29) is 12.0 Å². The van der Waals surface area contributed by atoms with E-state index in [4.69, 9.17) is 9.47 Å². The second-order valence-corrected chi connectivity index (χ2v) is 8.71. The van der Waals surface area contributed by atoms with Gasteiger partial charge in [-0.05, 0) is 18.4 Å². The zero-order valence-electron chi connectivity index (χ0n) is 17.8. The van der Waals surface area contributed by atoms with Crippen LogP contribution in [0.5, 0.6) is 6.01 Å². The van der Waals surface area contributed by atoms with Crippen molar-refractivity contribution >= 4 is 45.7 Å². The molecule has 32 heavy (non-hydrogen) atoms. The van der Waals surface area contributed by atoms with E-state index in [9.17, 15) is 22.4 Å². The molecule has 0 aliphatic rings. The number of urea groups is 1. The van der Waals surface area contributed by atoms with Crippen LogP contribution in [0.3, 0.4) is 0 Å². The Morgan fingerprint density at radius 1 is 1.12 bits per heavy atom. The van der Waals surface area contributed by atoms with Gasteiger partial charge in [0.05, 0.1) is 14.2 Å². The minimum Gasteiger partial charge on any atom is -0.467 e. The van der Waals surface area contributed by atoms with Crippen LogP contribution in [0, 0.1) is 5.82 Å². The summed E-state index contributed by atoms with van der Waals surface area (Å²) in [4.78, 5) is 38.9. The molecule has 0 bridgehead atoms. The van der Waals surface area contributed by atoms with Crippen molar-refractivity contribution in [2.45, 2.75) is 10.3 Å². The number of esters is 1. The molecule has 1 N–H and O–H groups in total. The lowest BCUT2D eigenvalue weighted by Crippen LogP contribution is -2.51. The summed E-state index contributed by atoms with van der Waals surface area (Å²) in [6.07, 6.45) is 1.48. The molecule has 0 saturated carbocycles. The number of hydrogen-bond acceptors (Lipinski definition) is 11. The lowest BCUT2D eigenvalue weighted by atomic mass is 10.4. The Kier molecular flexibility index (Phi) is 8.15. The molecule has 1 aromatic heterocycles. The van der Waals surface area contributed by atoms with Gasteiger partial charge in [0.15, 0.2) is 5.37 Å². The summed E-state index contributed by atoms with van der Waals surface area (Å²) in [6, 6.07) is 2.98. The molecule has 2 rings (SSSR count). The number of carbonyl (C=O) groups excluding carboxylic acids is 2. The number of halogens is 1. The predicted octanol–water partition coefficient (Wildman–Crippen LogP) is 0.852. The summed E-state index contributed by atoms with van der Waals surface area (Å²) in [5, 5.41) is -1.39. The normalized spacial score (nSPS) is 11.9. The third-order valence-electron chi connectivity index (χ3n) is 3.82. The van der Waals surface area contributed by atoms with Crippen LogP contribution in [0.1, 0.15) is 0 Å². The summed E-state index contributed by atoms with van der Waals surface area (Å²) in [7, 11) is 0.938. The maximum Gasteiger partial charge on any atom is 0.339 e. The standard InChI is InChI=1S/C17H21FN6O6S2/c1-23(2)14-19-15(21-16(20-14)30-4)24(12(31-5)13(25)29-3)17(26)22-32(27,28)11-9-7-6-8-10(11)18/h6-9,12H,1-5H3,(H,22,26). The first-order valence-corrected chi connectivity index (χ1v) is 11.5. The molecule has 1 aromatic carbocycles. The molecular formula is C17H21FN6O6S2. The Bertz CT molecular complexity index is 1100. The summed E-state index contributed by atoms with van der Waals surface area (Å²) in [5.41, 5.74) is 0. The number of hydrogen-bond donors (Lipinski definition) is 1. The Labute approximate surface area is 188 Å². The predicted molar refractivity (Wildman–Crippen MR) is 115 cm³/mol. The highest BCUT2D eigenvalue weighted by atomic mass is 32.2. The molecule has 1 heterocycles. The Balaban J connectivity index is 2.60. The summed E-state index contributed by atoms with van der Waals surface area (Å²) >= 11 is 0.853. The molecule has 0 fully saturated rings. The number of methoxy groups -OCH3 is 2. The Hall–Kier alpha value is -3.20. The van der Waals surface area contributed by atoms with Gasteiger partial charge < -0.3 is 14.4 Å². The van der Waals surface area contributed by atoms with Crippen molar-refractivity contribution in [2.75, 3.05) is 44.4 Å². The van der Waals surface area contributed by atoms with Crippen molar-refractivity contribution in [3.63, 3.8) is 0 Å². The molecule has 2 aromatic rings. The number of carbonyl (C=O) groups is 2. The highest BCUT2D eigenvalue weighted by molar-refractivity contribution is 8.00. The van der Waals surface area contributed by atoms with Crippen LogP contribution in [0.25, 0.3) is 0 Å². The second kappa shape index (κ2) is 10.4. The topological polar surface area (TPSA) is 144 Å². The van der Waals surface area contributed by atoms with Crippen LogP contribution in [-0.2, 0) is 19.6 Å². The van der Waals surface area contributed by atoms with E-state index in [0.717, 1.165) is 31.0 Å². The van der Waals surface area contributed by atoms with E-state index >= 15 is 0 Å². The third-order valence-corrected chi connectivity index (χ3v) is 6.02. The number of aromatic nitrogens is 3. The number of nitrogens with zero attached hydrogens (tertiary/aromatic N) is 5. The molecule has 0 saturated heterocycles. The van der Waals surface area contributed by atoms with Gasteiger partial charge in [-0.25, -0.2) is 32.0 Å². The van der Waals surface area contributed by atoms with Crippen LogP contribution >= 0.6 is 11.8 Å². The van der Waals surface area contributed by atoms with Gasteiger partial charge in [-0.1, -0.05) is 12.1 Å². The maximum absolute atomic E-state index is 14.0. The zero-order chi connectivity index (χ0) is 24.1. The number of rotatable bonds is 8. The van der Waals surface area contributed by atoms with Crippen LogP contribution in [0.2, 0.25) is 0 Å². The first kappa shape index (κ1) is 25.1. The highest BCUT2D eigenvalue weighted by Gasteiger charge is 2.37. The van der Waals surface area contributed by atoms with Gasteiger partial charge in [-0.3, -0.25) is 0 Å². The fourth-order valence-electron chi connectivity index (χ4n) is 2.33. The summed E-state index contributed by atoms with van der Waals surface area (Å²) in [5.74, 6) is -2.29. The van der Waals surface area contributed by atoms with Gasteiger partial charge in [0.1, 0.15) is 10.7 Å². The first-order chi connectivity index (χ1) is 15.0. The quantitative estimate of drug-likeness (QED) is 0.417. The van der Waals surface area contributed by atoms with Crippen molar-refractivity contribution in [3.8, 4) is 6.01 Å². The van der Waals surface area contributed by atoms with E-state index in [2.05, 4.69) is 15.0 Å². The minimum absolute atomic E-state index is 0.0614. The SMILES string of the molecule is COC(=O)C(SC)N(C(=O)NS(=O)(=O)c1ccccc1F)c1nc(OC)nc(N(C)C)n1. The maximum atomic E-state index is 14.0. The van der Waals surface area contributed by atoms with E-state index in [1.807, 2.05) is 0 Å². The van der Waals surface area contributed by atoms with Crippen LogP contribution < -0.4 is 19.3 Å². The lowest BCUT2D eigenvalue weighted by Gasteiger charge is -2.27. The van der Waals surface area contributed by atoms with Crippen molar-refractivity contribution in [2.24, 2.45) is 0 Å². The fourth-order valence-corrected chi connectivity index (χ4v) is 4.04. The van der Waals surface area contributed by atoms with E-state index in [1.165, 1.54) is 30.4 Å². The second-order valence-electron chi connectivity index (χ2n) is 6.14. The zero-order valence-corrected chi connectivity index (χ0v) is 19.4. The lowest BCUT2D eigenvalue weighted by molar-refractivity contribution is -0.139. The van der Waals surface area contributed by atoms with Crippen LogP contribution in [0.15, 0.2) is 29.2 Å². The number of thioether (sulfide) groups is 1. The number of benzene rings is 1. The molecule has 1 unspecified atom stereocenters. The Morgan fingerprint density at radius 3 is 2.28 bits per heavy atom.